The molecule has 3 nitrogen and oxygen atoms in total. The molecule has 5 rings (SSSR count). The largest absolute Gasteiger partial charge is 0.315 e. The Morgan fingerprint density at radius 1 is 1.08 bits per heavy atom. The molecular formula is C22H15BrN2O. The van der Waals surface area contributed by atoms with Crippen molar-refractivity contribution in [1.29, 1.82) is 0 Å². The second-order valence-corrected chi connectivity index (χ2v) is 7.68. The molecule has 0 unspecified atom stereocenters. The van der Waals surface area contributed by atoms with Crippen molar-refractivity contribution in [3.05, 3.63) is 92.4 Å². The van der Waals surface area contributed by atoms with Crippen molar-refractivity contribution in [2.24, 2.45) is 0 Å². The highest BCUT2D eigenvalue weighted by Gasteiger charge is 2.16. The van der Waals surface area contributed by atoms with Gasteiger partial charge in [0.25, 0.3) is 0 Å². The molecule has 3 aromatic heterocycles. The zero-order chi connectivity index (χ0) is 17.8. The molecule has 3 heterocycles. The molecular weight excluding hydrogens is 388 g/mol. The monoisotopic (exact) mass is 402 g/mol. The molecule has 5 aromatic rings. The van der Waals surface area contributed by atoms with Crippen LogP contribution in [0, 0.1) is 6.92 Å². The Hall–Kier alpha value is -2.72. The van der Waals surface area contributed by atoms with Crippen molar-refractivity contribution >= 4 is 43.1 Å². The summed E-state index contributed by atoms with van der Waals surface area (Å²) in [4.78, 5) is 17.4. The van der Waals surface area contributed by atoms with Gasteiger partial charge in [-0.2, -0.15) is 0 Å². The summed E-state index contributed by atoms with van der Waals surface area (Å²) >= 11 is 3.57. The van der Waals surface area contributed by atoms with Gasteiger partial charge in [-0.3, -0.25) is 9.78 Å². The van der Waals surface area contributed by atoms with E-state index in [4.69, 9.17) is 0 Å². The Kier molecular flexibility index (Phi) is 3.37. The smallest absolute Gasteiger partial charge is 0.192 e. The molecule has 126 valence electrons. The lowest BCUT2D eigenvalue weighted by atomic mass is 10.0. The first kappa shape index (κ1) is 15.5. The summed E-state index contributed by atoms with van der Waals surface area (Å²) in [7, 11) is 0. The fourth-order valence-electron chi connectivity index (χ4n) is 3.84. The predicted molar refractivity (Wildman–Crippen MR) is 109 cm³/mol. The van der Waals surface area contributed by atoms with Crippen molar-refractivity contribution in [3.63, 3.8) is 0 Å². The Morgan fingerprint density at radius 2 is 1.92 bits per heavy atom. The van der Waals surface area contributed by atoms with Crippen LogP contribution >= 0.6 is 15.9 Å². The number of aromatic nitrogens is 2. The minimum Gasteiger partial charge on any atom is -0.315 e. The second kappa shape index (κ2) is 5.64. The molecule has 26 heavy (non-hydrogen) atoms. The third kappa shape index (κ3) is 2.26. The van der Waals surface area contributed by atoms with E-state index in [-0.39, 0.29) is 5.43 Å². The number of hydrogen-bond donors (Lipinski definition) is 0. The number of rotatable bonds is 2. The van der Waals surface area contributed by atoms with Gasteiger partial charge in [0.2, 0.25) is 0 Å². The SMILES string of the molecule is Cc1cc2c(=O)c(Cc3cccnc3)cn3c4ccc(Br)cc4c(c1)c23. The van der Waals surface area contributed by atoms with Crippen LogP contribution in [0.15, 0.2) is 70.3 Å². The van der Waals surface area contributed by atoms with Crippen molar-refractivity contribution in [3.8, 4) is 0 Å². The van der Waals surface area contributed by atoms with Crippen LogP contribution in [-0.4, -0.2) is 9.38 Å². The van der Waals surface area contributed by atoms with Crippen LogP contribution in [-0.2, 0) is 6.42 Å². The van der Waals surface area contributed by atoms with Crippen LogP contribution in [0.2, 0.25) is 0 Å². The van der Waals surface area contributed by atoms with Crippen molar-refractivity contribution in [2.75, 3.05) is 0 Å². The standard InChI is InChI=1S/C22H15BrN2O/c1-13-7-18-17-10-16(23)4-5-20(17)25-12-15(9-14-3-2-6-24-11-14)22(26)19(8-13)21(18)25/h2-8,10-12H,9H2,1H3. The lowest BCUT2D eigenvalue weighted by Gasteiger charge is -2.07. The summed E-state index contributed by atoms with van der Waals surface area (Å²) in [5.74, 6) is 0. The molecule has 0 saturated heterocycles. The highest BCUT2D eigenvalue weighted by molar-refractivity contribution is 9.10. The zero-order valence-electron chi connectivity index (χ0n) is 14.2. The molecule has 0 N–H and O–H groups in total. The second-order valence-electron chi connectivity index (χ2n) is 6.76. The van der Waals surface area contributed by atoms with Gasteiger partial charge < -0.3 is 4.40 Å². The summed E-state index contributed by atoms with van der Waals surface area (Å²) in [6, 6.07) is 14.4. The Balaban J connectivity index is 1.91. The predicted octanol–water partition coefficient (Wildman–Crippen LogP) is 5.10. The van der Waals surface area contributed by atoms with Gasteiger partial charge in [0.15, 0.2) is 5.43 Å². The third-order valence-electron chi connectivity index (χ3n) is 4.94. The molecule has 0 aliphatic carbocycles. The summed E-state index contributed by atoms with van der Waals surface area (Å²) in [6.07, 6.45) is 6.15. The maximum atomic E-state index is 13.2. The Bertz CT molecular complexity index is 1340. The minimum absolute atomic E-state index is 0.108. The molecule has 0 aliphatic rings. The van der Waals surface area contributed by atoms with Gasteiger partial charge >= 0.3 is 0 Å². The molecule has 0 atom stereocenters. The number of nitrogens with zero attached hydrogens (tertiary/aromatic N) is 2. The van der Waals surface area contributed by atoms with E-state index >= 15 is 0 Å². The van der Waals surface area contributed by atoms with Crippen LogP contribution in [0.3, 0.4) is 0 Å². The fraction of sp³-hybridized carbons (Fsp3) is 0.0909. The van der Waals surface area contributed by atoms with Gasteiger partial charge in [0.1, 0.15) is 0 Å². The maximum absolute atomic E-state index is 13.2. The lowest BCUT2D eigenvalue weighted by Crippen LogP contribution is -2.12. The van der Waals surface area contributed by atoms with Gasteiger partial charge in [-0.25, -0.2) is 0 Å². The first-order valence-corrected chi connectivity index (χ1v) is 9.29. The van der Waals surface area contributed by atoms with Crippen LogP contribution in [0.1, 0.15) is 16.7 Å². The first-order valence-electron chi connectivity index (χ1n) is 8.50. The van der Waals surface area contributed by atoms with E-state index in [2.05, 4.69) is 43.5 Å². The number of fused-ring (bicyclic) bond motifs is 3. The maximum Gasteiger partial charge on any atom is 0.192 e. The summed E-state index contributed by atoms with van der Waals surface area (Å²) < 4.78 is 3.20. The van der Waals surface area contributed by atoms with Crippen LogP contribution in [0.4, 0.5) is 0 Å². The zero-order valence-corrected chi connectivity index (χ0v) is 15.7. The van der Waals surface area contributed by atoms with E-state index in [1.807, 2.05) is 43.6 Å². The van der Waals surface area contributed by atoms with Gasteiger partial charge in [0.05, 0.1) is 11.0 Å². The molecule has 4 heteroatoms. The average Bonchev–Trinajstić information content (AvgIpc) is 2.93. The molecule has 0 aliphatic heterocycles. The average molecular weight is 403 g/mol. The van der Waals surface area contributed by atoms with Crippen molar-refractivity contribution < 1.29 is 0 Å². The van der Waals surface area contributed by atoms with Gasteiger partial charge in [-0.05, 0) is 54.4 Å². The topological polar surface area (TPSA) is 34.4 Å². The van der Waals surface area contributed by atoms with Crippen LogP contribution in [0.25, 0.3) is 27.2 Å². The molecule has 0 fully saturated rings. The molecule has 0 spiro atoms. The van der Waals surface area contributed by atoms with Gasteiger partial charge in [0, 0.05) is 51.2 Å². The quantitative estimate of drug-likeness (QED) is 0.411. The van der Waals surface area contributed by atoms with Crippen molar-refractivity contribution in [2.45, 2.75) is 13.3 Å². The summed E-state index contributed by atoms with van der Waals surface area (Å²) in [6.45, 7) is 2.05. The van der Waals surface area contributed by atoms with E-state index in [0.717, 1.165) is 48.4 Å². The fourth-order valence-corrected chi connectivity index (χ4v) is 4.20. The van der Waals surface area contributed by atoms with Crippen LogP contribution < -0.4 is 5.43 Å². The highest BCUT2D eigenvalue weighted by Crippen LogP contribution is 2.33. The summed E-state index contributed by atoms with van der Waals surface area (Å²) in [5, 5.41) is 3.07. The molecule has 0 amide bonds. The van der Waals surface area contributed by atoms with Gasteiger partial charge in [-0.15, -0.1) is 0 Å². The minimum atomic E-state index is 0.108. The highest BCUT2D eigenvalue weighted by atomic mass is 79.9. The third-order valence-corrected chi connectivity index (χ3v) is 5.44. The molecule has 2 aromatic carbocycles. The number of aryl methyl sites for hydroxylation is 1. The van der Waals surface area contributed by atoms with E-state index < -0.39 is 0 Å². The van der Waals surface area contributed by atoms with E-state index in [1.165, 1.54) is 0 Å². The number of halogens is 1. The first-order chi connectivity index (χ1) is 12.6. The van der Waals surface area contributed by atoms with Crippen molar-refractivity contribution in [1.82, 2.24) is 9.38 Å². The Morgan fingerprint density at radius 3 is 2.73 bits per heavy atom. The molecule has 0 radical (unpaired) electrons. The lowest BCUT2D eigenvalue weighted by molar-refractivity contribution is 1.09. The normalized spacial score (nSPS) is 11.8. The van der Waals surface area contributed by atoms with E-state index in [9.17, 15) is 4.79 Å². The number of pyridine rings is 2. The van der Waals surface area contributed by atoms with E-state index in [1.54, 1.807) is 6.20 Å². The molecule has 0 bridgehead atoms. The summed E-state index contributed by atoms with van der Waals surface area (Å²) in [5.41, 5.74) is 5.16. The van der Waals surface area contributed by atoms with Crippen LogP contribution in [0.5, 0.6) is 0 Å². The number of benzene rings is 2. The van der Waals surface area contributed by atoms with Gasteiger partial charge in [-0.1, -0.05) is 22.0 Å². The Labute approximate surface area is 158 Å². The van der Waals surface area contributed by atoms with E-state index in [0.29, 0.717) is 6.42 Å². The molecule has 0 saturated carbocycles. The number of hydrogen-bond acceptors (Lipinski definition) is 2.